The maximum atomic E-state index is 12.3. The Balaban J connectivity index is 1.28. The number of hydrogen-bond acceptors (Lipinski definition) is 4. The summed E-state index contributed by atoms with van der Waals surface area (Å²) in [5, 5.41) is 0.669. The van der Waals surface area contributed by atoms with Gasteiger partial charge in [-0.1, -0.05) is 66.2 Å². The second kappa shape index (κ2) is 12.3. The van der Waals surface area contributed by atoms with Crippen molar-refractivity contribution in [2.24, 2.45) is 10.7 Å². The van der Waals surface area contributed by atoms with Crippen LogP contribution in [0.2, 0.25) is 5.02 Å². The van der Waals surface area contributed by atoms with Gasteiger partial charge in [-0.05, 0) is 73.4 Å². The zero-order valence-corrected chi connectivity index (χ0v) is 23.0. The van der Waals surface area contributed by atoms with Crippen molar-refractivity contribution in [3.05, 3.63) is 95.0 Å². The van der Waals surface area contributed by atoms with Gasteiger partial charge in [0.25, 0.3) is 0 Å². The van der Waals surface area contributed by atoms with Gasteiger partial charge < -0.3 is 15.4 Å². The van der Waals surface area contributed by atoms with E-state index in [0.29, 0.717) is 23.9 Å². The fraction of sp³-hybridized carbons (Fsp3) is 0.290. The quantitative estimate of drug-likeness (QED) is 0.282. The predicted molar refractivity (Wildman–Crippen MR) is 157 cm³/mol. The van der Waals surface area contributed by atoms with Gasteiger partial charge in [0.2, 0.25) is 0 Å². The normalized spacial score (nSPS) is 15.2. The second-order valence-electron chi connectivity index (χ2n) is 10.4. The van der Waals surface area contributed by atoms with Crippen LogP contribution in [0, 0.1) is 0 Å². The molecule has 3 aromatic carbocycles. The number of rotatable bonds is 6. The summed E-state index contributed by atoms with van der Waals surface area (Å²) in [6.07, 6.45) is 3.52. The molecule has 0 bridgehead atoms. The first-order valence-corrected chi connectivity index (χ1v) is 13.2. The van der Waals surface area contributed by atoms with Crippen molar-refractivity contribution in [1.82, 2.24) is 9.80 Å². The summed E-state index contributed by atoms with van der Waals surface area (Å²) in [7, 11) is 0. The topological polar surface area (TPSA) is 71.2 Å². The van der Waals surface area contributed by atoms with E-state index in [1.807, 2.05) is 39.0 Å². The minimum atomic E-state index is -0.464. The van der Waals surface area contributed by atoms with E-state index in [0.717, 1.165) is 36.4 Å². The molecule has 1 heterocycles. The molecule has 1 aliphatic heterocycles. The molecule has 0 atom stereocenters. The molecule has 0 radical (unpaired) electrons. The van der Waals surface area contributed by atoms with Crippen LogP contribution in [0.5, 0.6) is 0 Å². The molecule has 198 valence electrons. The fourth-order valence-electron chi connectivity index (χ4n) is 4.15. The molecule has 1 amide bonds. The molecule has 1 fully saturated rings. The molecular weight excluding hydrogens is 496 g/mol. The highest BCUT2D eigenvalue weighted by atomic mass is 35.5. The fourth-order valence-corrected chi connectivity index (χ4v) is 4.27. The number of nitrogens with two attached hydrogens (primary N) is 1. The molecule has 0 aromatic heterocycles. The van der Waals surface area contributed by atoms with Crippen LogP contribution in [-0.4, -0.2) is 53.5 Å². The summed E-state index contributed by atoms with van der Waals surface area (Å²) in [5.74, 6) is 0.429. The van der Waals surface area contributed by atoms with E-state index < -0.39 is 5.60 Å². The van der Waals surface area contributed by atoms with Crippen LogP contribution in [0.15, 0.2) is 83.9 Å². The third kappa shape index (κ3) is 8.20. The van der Waals surface area contributed by atoms with Crippen LogP contribution in [-0.2, 0) is 11.3 Å². The van der Waals surface area contributed by atoms with E-state index in [1.54, 1.807) is 23.1 Å². The lowest BCUT2D eigenvalue weighted by Crippen LogP contribution is -2.49. The van der Waals surface area contributed by atoms with Gasteiger partial charge in [0.15, 0.2) is 0 Å². The van der Waals surface area contributed by atoms with Crippen LogP contribution < -0.4 is 5.73 Å². The summed E-state index contributed by atoms with van der Waals surface area (Å²) in [6.45, 7) is 9.61. The zero-order valence-electron chi connectivity index (χ0n) is 22.2. The van der Waals surface area contributed by atoms with Crippen molar-refractivity contribution in [2.75, 3.05) is 26.2 Å². The van der Waals surface area contributed by atoms with Gasteiger partial charge in [-0.25, -0.2) is 9.79 Å². The second-order valence-corrected chi connectivity index (χ2v) is 10.8. The molecule has 3 aromatic rings. The van der Waals surface area contributed by atoms with Crippen molar-refractivity contribution >= 4 is 35.3 Å². The maximum Gasteiger partial charge on any atom is 0.410 e. The lowest BCUT2D eigenvalue weighted by molar-refractivity contribution is 0.0139. The number of ether oxygens (including phenoxy) is 1. The van der Waals surface area contributed by atoms with Crippen LogP contribution in [0.4, 0.5) is 10.5 Å². The van der Waals surface area contributed by atoms with Crippen molar-refractivity contribution in [1.29, 1.82) is 0 Å². The largest absolute Gasteiger partial charge is 0.444 e. The monoisotopic (exact) mass is 530 g/mol. The van der Waals surface area contributed by atoms with Crippen LogP contribution in [0.1, 0.15) is 31.9 Å². The number of nitrogens with zero attached hydrogens (tertiary/aromatic N) is 3. The SMILES string of the molecule is CC(C)(C)OC(=O)N1CCN(Cc2ccc(-c3ccc(C=CC(N)=Nc4ccc(Cl)cc4)cc3)cc2)CC1. The number of amides is 1. The van der Waals surface area contributed by atoms with E-state index in [1.165, 1.54) is 11.1 Å². The highest BCUT2D eigenvalue weighted by Crippen LogP contribution is 2.22. The van der Waals surface area contributed by atoms with Crippen molar-refractivity contribution < 1.29 is 9.53 Å². The lowest BCUT2D eigenvalue weighted by atomic mass is 10.0. The number of hydrogen-bond donors (Lipinski definition) is 1. The van der Waals surface area contributed by atoms with Crippen LogP contribution in [0.25, 0.3) is 17.2 Å². The summed E-state index contributed by atoms with van der Waals surface area (Å²) < 4.78 is 5.49. The van der Waals surface area contributed by atoms with Crippen molar-refractivity contribution in [2.45, 2.75) is 32.9 Å². The molecule has 1 aliphatic rings. The van der Waals surface area contributed by atoms with Gasteiger partial charge in [-0.2, -0.15) is 0 Å². The van der Waals surface area contributed by atoms with E-state index in [4.69, 9.17) is 22.1 Å². The number of halogens is 1. The van der Waals surface area contributed by atoms with E-state index >= 15 is 0 Å². The number of carbonyl (C=O) groups excluding carboxylic acids is 1. The van der Waals surface area contributed by atoms with E-state index in [2.05, 4.69) is 58.4 Å². The first kappa shape index (κ1) is 27.4. The van der Waals surface area contributed by atoms with Crippen molar-refractivity contribution in [3.63, 3.8) is 0 Å². The Morgan fingerprint density at radius 1 is 0.921 bits per heavy atom. The average molecular weight is 531 g/mol. The molecule has 1 saturated heterocycles. The number of piperazine rings is 1. The number of aliphatic imine (C=N–C) groups is 1. The van der Waals surface area contributed by atoms with Gasteiger partial charge in [-0.15, -0.1) is 0 Å². The minimum Gasteiger partial charge on any atom is -0.444 e. The number of carbonyl (C=O) groups is 1. The molecule has 0 unspecified atom stereocenters. The Kier molecular flexibility index (Phi) is 8.87. The first-order valence-electron chi connectivity index (χ1n) is 12.8. The van der Waals surface area contributed by atoms with E-state index in [9.17, 15) is 4.79 Å². The third-order valence-electron chi connectivity index (χ3n) is 6.16. The van der Waals surface area contributed by atoms with Crippen LogP contribution >= 0.6 is 11.6 Å². The molecule has 0 saturated carbocycles. The molecule has 6 nitrogen and oxygen atoms in total. The first-order chi connectivity index (χ1) is 18.1. The standard InChI is InChI=1S/C31H35ClN4O2/c1-31(2,3)38-30(37)36-20-18-35(19-21-36)22-24-6-11-26(12-7-24)25-9-4-23(5-10-25)8-17-29(33)34-28-15-13-27(32)14-16-28/h4-17H,18-22H2,1-3H3,(H2,33,34). The van der Waals surface area contributed by atoms with E-state index in [-0.39, 0.29) is 6.09 Å². The Hall–Kier alpha value is -3.61. The van der Waals surface area contributed by atoms with Gasteiger partial charge in [0, 0.05) is 37.7 Å². The highest BCUT2D eigenvalue weighted by molar-refractivity contribution is 6.30. The molecule has 38 heavy (non-hydrogen) atoms. The highest BCUT2D eigenvalue weighted by Gasteiger charge is 2.25. The molecule has 4 rings (SSSR count). The minimum absolute atomic E-state index is 0.224. The predicted octanol–water partition coefficient (Wildman–Crippen LogP) is 6.76. The van der Waals surface area contributed by atoms with Gasteiger partial charge in [0.1, 0.15) is 11.4 Å². The van der Waals surface area contributed by atoms with Gasteiger partial charge in [-0.3, -0.25) is 4.90 Å². The molecule has 2 N–H and O–H groups in total. The number of benzene rings is 3. The third-order valence-corrected chi connectivity index (χ3v) is 6.41. The molecule has 7 heteroatoms. The summed E-state index contributed by atoms with van der Waals surface area (Å²) >= 11 is 5.91. The summed E-state index contributed by atoms with van der Waals surface area (Å²) in [6, 6.07) is 24.3. The zero-order chi connectivity index (χ0) is 27.1. The Morgan fingerprint density at radius 3 is 2.08 bits per heavy atom. The van der Waals surface area contributed by atoms with Gasteiger partial charge in [0.05, 0.1) is 5.69 Å². The number of amidine groups is 1. The molecule has 0 aliphatic carbocycles. The van der Waals surface area contributed by atoms with Crippen LogP contribution in [0.3, 0.4) is 0 Å². The summed E-state index contributed by atoms with van der Waals surface area (Å²) in [5.41, 5.74) is 11.0. The summed E-state index contributed by atoms with van der Waals surface area (Å²) in [4.78, 5) is 20.8. The molecular formula is C31H35ClN4O2. The maximum absolute atomic E-state index is 12.3. The lowest BCUT2D eigenvalue weighted by Gasteiger charge is -2.35. The Labute approximate surface area is 230 Å². The average Bonchev–Trinajstić information content (AvgIpc) is 2.89. The Morgan fingerprint density at radius 2 is 1.50 bits per heavy atom. The van der Waals surface area contributed by atoms with Gasteiger partial charge >= 0.3 is 6.09 Å². The molecule has 0 spiro atoms. The Bertz CT molecular complexity index is 1270. The van der Waals surface area contributed by atoms with Crippen molar-refractivity contribution in [3.8, 4) is 11.1 Å². The smallest absolute Gasteiger partial charge is 0.410 e.